The number of aliphatic hydroxyl groups is 2. The molecule has 3 aliphatic rings. The van der Waals surface area contributed by atoms with Gasteiger partial charge in [0.05, 0.1) is 29.4 Å². The van der Waals surface area contributed by atoms with E-state index >= 15 is 0 Å². The lowest BCUT2D eigenvalue weighted by atomic mass is 9.71. The minimum absolute atomic E-state index is 0. The van der Waals surface area contributed by atoms with Crippen LogP contribution in [0.15, 0.2) is 24.3 Å². The average Bonchev–Trinajstić information content (AvgIpc) is 2.90. The van der Waals surface area contributed by atoms with Crippen LogP contribution in [0.5, 0.6) is 11.5 Å². The number of carbonyl (C=O) groups excluding carboxylic acids is 3. The van der Waals surface area contributed by atoms with Crippen molar-refractivity contribution in [3.05, 3.63) is 57.6 Å². The van der Waals surface area contributed by atoms with Crippen molar-refractivity contribution in [3.63, 3.8) is 0 Å². The summed E-state index contributed by atoms with van der Waals surface area (Å²) in [5, 5.41) is 44.6. The van der Waals surface area contributed by atoms with Gasteiger partial charge in [-0.05, 0) is 13.3 Å². The van der Waals surface area contributed by atoms with E-state index in [0.29, 0.717) is 6.42 Å². The number of nitrogens with two attached hydrogens (primary N) is 1. The van der Waals surface area contributed by atoms with Gasteiger partial charge < -0.3 is 35.6 Å². The van der Waals surface area contributed by atoms with Gasteiger partial charge in [-0.15, -0.1) is 12.4 Å². The van der Waals surface area contributed by atoms with Crippen LogP contribution in [0.3, 0.4) is 0 Å². The minimum atomic E-state index is -1.97. The number of phenols is 2. The number of aromatic hydroxyl groups is 2. The fourth-order valence-corrected chi connectivity index (χ4v) is 5.94. The molecule has 1 aliphatic heterocycles. The second kappa shape index (κ2) is 11.2. The molecule has 0 saturated carbocycles. The molecule has 0 radical (unpaired) electrons. The van der Waals surface area contributed by atoms with Gasteiger partial charge in [-0.25, -0.2) is 0 Å². The summed E-state index contributed by atoms with van der Waals surface area (Å²) in [5.74, 6) is -2.87. The Morgan fingerprint density at radius 1 is 1.12 bits per heavy atom. The zero-order valence-corrected chi connectivity index (χ0v) is 23.1. The number of rotatable bonds is 6. The standard InChI is InChI=1S/C29H33NO9.ClH/c1-3-4-9-19(31)29(37)11-16-21(18(12-29)39-20-10-17(30)24(32)13(2)38-20)28(36)23-22(27(16)35)25(33)14-7-5-6-8-15(14)26(23)34;/h5-8,13,17-18,20,24,32,35-37H,3-4,9-12,30H2,1-2H3;1H. The molecule has 1 fully saturated rings. The zero-order valence-electron chi connectivity index (χ0n) is 22.3. The number of phenolic OH excluding ortho intramolecular Hbond substituents is 2. The van der Waals surface area contributed by atoms with E-state index in [0.717, 1.165) is 6.42 Å². The van der Waals surface area contributed by atoms with E-state index in [4.69, 9.17) is 15.2 Å². The van der Waals surface area contributed by atoms with Crippen molar-refractivity contribution >= 4 is 29.8 Å². The van der Waals surface area contributed by atoms with Gasteiger partial charge in [0.25, 0.3) is 0 Å². The first kappa shape index (κ1) is 30.1. The molecule has 40 heavy (non-hydrogen) atoms. The van der Waals surface area contributed by atoms with Crippen LogP contribution in [0, 0.1) is 0 Å². The number of ether oxygens (including phenoxy) is 2. The van der Waals surface area contributed by atoms with Crippen molar-refractivity contribution in [3.8, 4) is 11.5 Å². The van der Waals surface area contributed by atoms with E-state index in [1.165, 1.54) is 12.1 Å². The van der Waals surface area contributed by atoms with Gasteiger partial charge in [-0.1, -0.05) is 37.6 Å². The van der Waals surface area contributed by atoms with Crippen LogP contribution >= 0.6 is 12.4 Å². The Morgan fingerprint density at radius 3 is 2.30 bits per heavy atom. The Bertz CT molecular complexity index is 1350. The lowest BCUT2D eigenvalue weighted by molar-refractivity contribution is -0.247. The summed E-state index contributed by atoms with van der Waals surface area (Å²) >= 11 is 0. The summed E-state index contributed by atoms with van der Waals surface area (Å²) in [6.07, 6.45) is -2.98. The Balaban J connectivity index is 0.00000370. The zero-order chi connectivity index (χ0) is 28.2. The van der Waals surface area contributed by atoms with Gasteiger partial charge in [0, 0.05) is 54.0 Å². The summed E-state index contributed by atoms with van der Waals surface area (Å²) in [6, 6.07) is 5.44. The number of unbranched alkanes of at least 4 members (excludes halogenated alkanes) is 1. The highest BCUT2D eigenvalue weighted by molar-refractivity contribution is 6.30. The fraction of sp³-hybridized carbons (Fsp3) is 0.483. The number of hydrogen-bond donors (Lipinski definition) is 5. The third kappa shape index (κ3) is 4.82. The van der Waals surface area contributed by atoms with Crippen LogP contribution in [0.25, 0.3) is 0 Å². The number of benzene rings is 2. The first-order valence-corrected chi connectivity index (χ1v) is 13.3. The maximum absolute atomic E-state index is 13.4. The predicted octanol–water partition coefficient (Wildman–Crippen LogP) is 2.61. The Kier molecular flexibility index (Phi) is 8.43. The summed E-state index contributed by atoms with van der Waals surface area (Å²) in [7, 11) is 0. The molecule has 0 amide bonds. The number of aliphatic hydroxyl groups excluding tert-OH is 1. The highest BCUT2D eigenvalue weighted by Crippen LogP contribution is 2.52. The first-order chi connectivity index (χ1) is 18.5. The monoisotopic (exact) mass is 575 g/mol. The van der Waals surface area contributed by atoms with Gasteiger partial charge in [0.15, 0.2) is 23.6 Å². The molecule has 0 spiro atoms. The van der Waals surface area contributed by atoms with E-state index in [2.05, 4.69) is 0 Å². The van der Waals surface area contributed by atoms with Crippen LogP contribution < -0.4 is 5.73 Å². The van der Waals surface area contributed by atoms with Crippen LogP contribution in [-0.4, -0.2) is 67.9 Å². The molecular formula is C29H34ClNO9. The molecule has 1 saturated heterocycles. The Labute approximate surface area is 237 Å². The second-order valence-corrected chi connectivity index (χ2v) is 10.8. The summed E-state index contributed by atoms with van der Waals surface area (Å²) in [5.41, 5.74) is 3.51. The summed E-state index contributed by atoms with van der Waals surface area (Å²) < 4.78 is 11.9. The maximum atomic E-state index is 13.4. The highest BCUT2D eigenvalue weighted by atomic mass is 35.5. The molecule has 0 bridgehead atoms. The van der Waals surface area contributed by atoms with Crippen molar-refractivity contribution in [1.82, 2.24) is 0 Å². The number of Topliss-reactive ketones (excluding diaryl/α,β-unsaturated/α-hetero) is 1. The Hall–Kier alpha value is -2.86. The SMILES string of the molecule is CCCCC(=O)C1(O)Cc2c(O)c3c(c(O)c2C(OC2CC(N)C(O)C(C)O2)C1)C(=O)c1ccccc1C3=O.Cl. The highest BCUT2D eigenvalue weighted by Gasteiger charge is 2.49. The quantitative estimate of drug-likeness (QED) is 0.274. The molecule has 6 atom stereocenters. The number of carbonyl (C=O) groups is 3. The predicted molar refractivity (Wildman–Crippen MR) is 145 cm³/mol. The number of ketones is 3. The molecule has 1 heterocycles. The lowest BCUT2D eigenvalue weighted by Gasteiger charge is -2.42. The summed E-state index contributed by atoms with van der Waals surface area (Å²) in [4.78, 5) is 40.0. The van der Waals surface area contributed by atoms with Crippen LogP contribution in [0.1, 0.15) is 95.0 Å². The van der Waals surface area contributed by atoms with Gasteiger partial charge in [0.1, 0.15) is 17.1 Å². The third-order valence-electron chi connectivity index (χ3n) is 8.12. The number of hydrogen-bond acceptors (Lipinski definition) is 10. The van der Waals surface area contributed by atoms with Crippen molar-refractivity contribution in [1.29, 1.82) is 0 Å². The van der Waals surface area contributed by atoms with Gasteiger partial charge in [0.2, 0.25) is 0 Å². The van der Waals surface area contributed by atoms with Crippen molar-refractivity contribution in [2.75, 3.05) is 0 Å². The normalized spacial score (nSPS) is 29.2. The number of fused-ring (bicyclic) bond motifs is 3. The van der Waals surface area contributed by atoms with Crippen molar-refractivity contribution in [2.24, 2.45) is 5.73 Å². The summed E-state index contributed by atoms with van der Waals surface area (Å²) in [6.45, 7) is 3.54. The molecule has 11 heteroatoms. The topological polar surface area (TPSA) is 177 Å². The molecule has 0 aromatic heterocycles. The van der Waals surface area contributed by atoms with Crippen molar-refractivity contribution in [2.45, 2.75) is 88.6 Å². The van der Waals surface area contributed by atoms with E-state index in [1.807, 2.05) is 6.92 Å². The van der Waals surface area contributed by atoms with Crippen LogP contribution in [-0.2, 0) is 20.7 Å². The number of halogens is 1. The van der Waals surface area contributed by atoms with E-state index in [9.17, 15) is 34.8 Å². The van der Waals surface area contributed by atoms with E-state index in [1.54, 1.807) is 19.1 Å². The molecule has 6 unspecified atom stereocenters. The Morgan fingerprint density at radius 2 is 1.73 bits per heavy atom. The maximum Gasteiger partial charge on any atom is 0.198 e. The molecule has 6 N–H and O–H groups in total. The third-order valence-corrected chi connectivity index (χ3v) is 8.12. The van der Waals surface area contributed by atoms with Crippen LogP contribution in [0.2, 0.25) is 0 Å². The molecule has 2 aromatic carbocycles. The molecule has 10 nitrogen and oxygen atoms in total. The molecule has 2 aliphatic carbocycles. The van der Waals surface area contributed by atoms with Crippen LogP contribution in [0.4, 0.5) is 0 Å². The second-order valence-electron chi connectivity index (χ2n) is 10.8. The van der Waals surface area contributed by atoms with E-state index in [-0.39, 0.29) is 71.5 Å². The smallest absolute Gasteiger partial charge is 0.198 e. The first-order valence-electron chi connectivity index (χ1n) is 13.3. The largest absolute Gasteiger partial charge is 0.507 e. The minimum Gasteiger partial charge on any atom is -0.507 e. The van der Waals surface area contributed by atoms with Gasteiger partial charge in [-0.2, -0.15) is 0 Å². The molecule has 216 valence electrons. The van der Waals surface area contributed by atoms with Gasteiger partial charge in [-0.3, -0.25) is 14.4 Å². The fourth-order valence-electron chi connectivity index (χ4n) is 5.94. The lowest BCUT2D eigenvalue weighted by Crippen LogP contribution is -2.52. The molecular weight excluding hydrogens is 542 g/mol. The average molecular weight is 576 g/mol. The van der Waals surface area contributed by atoms with Crippen molar-refractivity contribution < 1.29 is 44.3 Å². The van der Waals surface area contributed by atoms with E-state index < -0.39 is 65.1 Å². The molecule has 5 rings (SSSR count). The molecule has 2 aromatic rings. The van der Waals surface area contributed by atoms with Gasteiger partial charge >= 0.3 is 0 Å².